The molecule has 6 nitrogen and oxygen atoms in total. The summed E-state index contributed by atoms with van der Waals surface area (Å²) in [5.41, 5.74) is 6.86. The van der Waals surface area contributed by atoms with Gasteiger partial charge in [-0.25, -0.2) is 0 Å². The van der Waals surface area contributed by atoms with Crippen molar-refractivity contribution in [2.45, 2.75) is 38.4 Å². The summed E-state index contributed by atoms with van der Waals surface area (Å²) in [6, 6.07) is 5.12. The van der Waals surface area contributed by atoms with E-state index in [2.05, 4.69) is 5.32 Å². The summed E-state index contributed by atoms with van der Waals surface area (Å²) in [5.74, 6) is 0.393. The van der Waals surface area contributed by atoms with E-state index >= 15 is 0 Å². The molecule has 1 aromatic rings. The van der Waals surface area contributed by atoms with Crippen LogP contribution >= 0.6 is 12.4 Å². The Morgan fingerprint density at radius 3 is 2.91 bits per heavy atom. The highest BCUT2D eigenvalue weighted by Gasteiger charge is 2.19. The van der Waals surface area contributed by atoms with Gasteiger partial charge in [0, 0.05) is 12.7 Å². The van der Waals surface area contributed by atoms with Gasteiger partial charge in [-0.1, -0.05) is 0 Å². The predicted octanol–water partition coefficient (Wildman–Crippen LogP) is 2.61. The first-order valence-corrected chi connectivity index (χ1v) is 7.57. The molecular weight excluding hydrogens is 320 g/mol. The maximum absolute atomic E-state index is 12.2. The first-order chi connectivity index (χ1) is 10.6. The fourth-order valence-corrected chi connectivity index (χ4v) is 2.27. The normalized spacial score (nSPS) is 18.6. The number of carbonyl (C=O) groups excluding carboxylic acids is 1. The van der Waals surface area contributed by atoms with Crippen molar-refractivity contribution in [2.75, 3.05) is 31.4 Å². The Bertz CT molecular complexity index is 507. The van der Waals surface area contributed by atoms with Gasteiger partial charge in [0.05, 0.1) is 31.2 Å². The Kier molecular flexibility index (Phi) is 8.16. The van der Waals surface area contributed by atoms with E-state index in [-0.39, 0.29) is 24.4 Å². The number of halogens is 1. The molecule has 1 heterocycles. The molecule has 0 aromatic heterocycles. The van der Waals surface area contributed by atoms with Gasteiger partial charge in [0.2, 0.25) is 0 Å². The molecule has 1 aliphatic rings. The standard InChI is InChI=1S/C16H24N2O4.ClH/c1-11(22-10-13-5-3-4-8-21-13)16(19)18-15-9-12(20-2)6-7-14(15)17;/h6-7,9,11,13H,3-5,8,10,17H2,1-2H3,(H,18,19);1H. The number of nitrogens with two attached hydrogens (primary N) is 1. The van der Waals surface area contributed by atoms with E-state index in [4.69, 9.17) is 19.9 Å². The van der Waals surface area contributed by atoms with Gasteiger partial charge in [-0.3, -0.25) is 4.79 Å². The van der Waals surface area contributed by atoms with Crippen LogP contribution in [0.5, 0.6) is 5.75 Å². The van der Waals surface area contributed by atoms with Gasteiger partial charge in [0.1, 0.15) is 11.9 Å². The largest absolute Gasteiger partial charge is 0.497 e. The lowest BCUT2D eigenvalue weighted by Crippen LogP contribution is -2.32. The lowest BCUT2D eigenvalue weighted by Gasteiger charge is -2.24. The van der Waals surface area contributed by atoms with Crippen molar-refractivity contribution >= 4 is 29.7 Å². The number of amides is 1. The number of nitrogen functional groups attached to an aromatic ring is 1. The van der Waals surface area contributed by atoms with Gasteiger partial charge >= 0.3 is 0 Å². The average Bonchev–Trinajstić information content (AvgIpc) is 2.55. The summed E-state index contributed by atoms with van der Waals surface area (Å²) in [7, 11) is 1.56. The molecule has 130 valence electrons. The summed E-state index contributed by atoms with van der Waals surface area (Å²) in [4.78, 5) is 12.2. The first kappa shape index (κ1) is 19.5. The SMILES string of the molecule is COc1ccc(N)c(NC(=O)C(C)OCC2CCCCO2)c1.Cl. The number of hydrogen-bond donors (Lipinski definition) is 2. The molecule has 0 radical (unpaired) electrons. The van der Waals surface area contributed by atoms with E-state index in [0.717, 1.165) is 25.9 Å². The third kappa shape index (κ3) is 5.89. The number of anilines is 2. The van der Waals surface area contributed by atoms with E-state index < -0.39 is 6.10 Å². The lowest BCUT2D eigenvalue weighted by atomic mass is 10.1. The molecular formula is C16H25ClN2O4. The molecule has 2 unspecified atom stereocenters. The lowest BCUT2D eigenvalue weighted by molar-refractivity contribution is -0.130. The second-order valence-corrected chi connectivity index (χ2v) is 5.41. The zero-order valence-corrected chi connectivity index (χ0v) is 14.4. The molecule has 2 atom stereocenters. The number of hydrogen-bond acceptors (Lipinski definition) is 5. The van der Waals surface area contributed by atoms with E-state index in [9.17, 15) is 4.79 Å². The summed E-state index contributed by atoms with van der Waals surface area (Å²) >= 11 is 0. The van der Waals surface area contributed by atoms with Gasteiger partial charge in [-0.05, 0) is 38.3 Å². The Morgan fingerprint density at radius 2 is 2.26 bits per heavy atom. The van der Waals surface area contributed by atoms with Gasteiger partial charge < -0.3 is 25.3 Å². The van der Waals surface area contributed by atoms with E-state index in [1.807, 2.05) is 0 Å². The molecule has 0 spiro atoms. The molecule has 0 saturated carbocycles. The molecule has 1 fully saturated rings. The average molecular weight is 345 g/mol. The number of ether oxygens (including phenoxy) is 3. The summed E-state index contributed by atoms with van der Waals surface area (Å²) in [5, 5.41) is 2.76. The van der Waals surface area contributed by atoms with Crippen LogP contribution in [0.15, 0.2) is 18.2 Å². The molecule has 0 aliphatic carbocycles. The van der Waals surface area contributed by atoms with Gasteiger partial charge in [-0.15, -0.1) is 12.4 Å². The molecule has 2 rings (SSSR count). The van der Waals surface area contributed by atoms with Crippen molar-refractivity contribution in [3.63, 3.8) is 0 Å². The first-order valence-electron chi connectivity index (χ1n) is 7.57. The molecule has 1 saturated heterocycles. The third-order valence-corrected chi connectivity index (χ3v) is 3.69. The van der Waals surface area contributed by atoms with Gasteiger partial charge in [-0.2, -0.15) is 0 Å². The van der Waals surface area contributed by atoms with Crippen LogP contribution in [0.3, 0.4) is 0 Å². The number of nitrogens with one attached hydrogen (secondary N) is 1. The number of methoxy groups -OCH3 is 1. The fraction of sp³-hybridized carbons (Fsp3) is 0.562. The molecule has 23 heavy (non-hydrogen) atoms. The van der Waals surface area contributed by atoms with Crippen molar-refractivity contribution in [1.29, 1.82) is 0 Å². The fourth-order valence-electron chi connectivity index (χ4n) is 2.27. The maximum atomic E-state index is 12.2. The van der Waals surface area contributed by atoms with Crippen molar-refractivity contribution in [1.82, 2.24) is 0 Å². The van der Waals surface area contributed by atoms with Gasteiger partial charge in [0.25, 0.3) is 5.91 Å². The van der Waals surface area contributed by atoms with Crippen LogP contribution in [0.25, 0.3) is 0 Å². The molecule has 3 N–H and O–H groups in total. The number of rotatable bonds is 6. The van der Waals surface area contributed by atoms with Crippen molar-refractivity contribution in [3.8, 4) is 5.75 Å². The highest BCUT2D eigenvalue weighted by Crippen LogP contribution is 2.24. The van der Waals surface area contributed by atoms with Crippen molar-refractivity contribution in [3.05, 3.63) is 18.2 Å². The molecule has 7 heteroatoms. The van der Waals surface area contributed by atoms with Crippen LogP contribution in [0, 0.1) is 0 Å². The second-order valence-electron chi connectivity index (χ2n) is 5.41. The van der Waals surface area contributed by atoms with E-state index in [1.54, 1.807) is 32.2 Å². The minimum Gasteiger partial charge on any atom is -0.497 e. The van der Waals surface area contributed by atoms with Crippen LogP contribution in [-0.4, -0.2) is 38.4 Å². The van der Waals surface area contributed by atoms with Crippen LogP contribution in [0.1, 0.15) is 26.2 Å². The number of carbonyl (C=O) groups is 1. The quantitative estimate of drug-likeness (QED) is 0.775. The zero-order valence-electron chi connectivity index (χ0n) is 13.5. The van der Waals surface area contributed by atoms with E-state index in [0.29, 0.717) is 23.7 Å². The van der Waals surface area contributed by atoms with Crippen LogP contribution < -0.4 is 15.8 Å². The van der Waals surface area contributed by atoms with Gasteiger partial charge in [0.15, 0.2) is 0 Å². The Balaban J connectivity index is 0.00000264. The summed E-state index contributed by atoms with van der Waals surface area (Å²) in [6.45, 7) is 2.92. The third-order valence-electron chi connectivity index (χ3n) is 3.69. The number of benzene rings is 1. The molecule has 1 aromatic carbocycles. The topological polar surface area (TPSA) is 82.8 Å². The highest BCUT2D eigenvalue weighted by molar-refractivity contribution is 5.96. The molecule has 1 aliphatic heterocycles. The smallest absolute Gasteiger partial charge is 0.253 e. The van der Waals surface area contributed by atoms with E-state index in [1.165, 1.54) is 0 Å². The monoisotopic (exact) mass is 344 g/mol. The van der Waals surface area contributed by atoms with Crippen molar-refractivity contribution in [2.24, 2.45) is 0 Å². The molecule has 0 bridgehead atoms. The van der Waals surface area contributed by atoms with Crippen molar-refractivity contribution < 1.29 is 19.0 Å². The Morgan fingerprint density at radius 1 is 1.48 bits per heavy atom. The Labute approximate surface area is 143 Å². The zero-order chi connectivity index (χ0) is 15.9. The Hall–Kier alpha value is -1.50. The van der Waals surface area contributed by atoms with Crippen LogP contribution in [-0.2, 0) is 14.3 Å². The maximum Gasteiger partial charge on any atom is 0.253 e. The second kappa shape index (κ2) is 9.60. The minimum atomic E-state index is -0.573. The van der Waals surface area contributed by atoms with Crippen LogP contribution in [0.4, 0.5) is 11.4 Å². The highest BCUT2D eigenvalue weighted by atomic mass is 35.5. The molecule has 1 amide bonds. The minimum absolute atomic E-state index is 0. The predicted molar refractivity (Wildman–Crippen MR) is 92.3 cm³/mol. The summed E-state index contributed by atoms with van der Waals surface area (Å²) < 4.78 is 16.3. The summed E-state index contributed by atoms with van der Waals surface area (Å²) in [6.07, 6.45) is 2.75. The van der Waals surface area contributed by atoms with Crippen LogP contribution in [0.2, 0.25) is 0 Å².